The average molecular weight is 318 g/mol. The van der Waals surface area contributed by atoms with E-state index in [4.69, 9.17) is 10.3 Å². The van der Waals surface area contributed by atoms with Gasteiger partial charge in [-0.3, -0.25) is 9.69 Å². The van der Waals surface area contributed by atoms with E-state index < -0.39 is 5.91 Å². The fraction of sp³-hybridized carbons (Fsp3) is 0.600. The minimum Gasteiger partial charge on any atom is -0.363 e. The fourth-order valence-corrected chi connectivity index (χ4v) is 3.08. The number of aromatic nitrogens is 4. The van der Waals surface area contributed by atoms with Gasteiger partial charge in [-0.15, -0.1) is 0 Å². The molecule has 8 nitrogen and oxygen atoms in total. The summed E-state index contributed by atoms with van der Waals surface area (Å²) < 4.78 is 7.37. The molecule has 1 atom stereocenters. The molecule has 3 rings (SSSR count). The Labute approximate surface area is 134 Å². The van der Waals surface area contributed by atoms with Crippen molar-refractivity contribution in [3.05, 3.63) is 29.9 Å². The number of nitrogens with zero attached hydrogens (tertiary/aromatic N) is 5. The molecule has 23 heavy (non-hydrogen) atoms. The summed E-state index contributed by atoms with van der Waals surface area (Å²) in [7, 11) is 0. The third kappa shape index (κ3) is 3.58. The maximum absolute atomic E-state index is 11.1. The van der Waals surface area contributed by atoms with Gasteiger partial charge in [-0.25, -0.2) is 4.98 Å². The first-order chi connectivity index (χ1) is 11.1. The molecule has 1 fully saturated rings. The molecule has 1 aliphatic rings. The third-order valence-electron chi connectivity index (χ3n) is 4.33. The van der Waals surface area contributed by atoms with Gasteiger partial charge in [-0.2, -0.15) is 4.98 Å². The Hall–Kier alpha value is -2.22. The van der Waals surface area contributed by atoms with Gasteiger partial charge in [-0.1, -0.05) is 5.16 Å². The SMILES string of the molecule is Cc1nccn1CCCCN1CCC[C@H]1c1nc(C(N)=O)no1. The topological polar surface area (TPSA) is 103 Å². The Morgan fingerprint density at radius 2 is 2.26 bits per heavy atom. The predicted octanol–water partition coefficient (Wildman–Crippen LogP) is 1.29. The predicted molar refractivity (Wildman–Crippen MR) is 82.6 cm³/mol. The second-order valence-corrected chi connectivity index (χ2v) is 5.89. The molecule has 0 bridgehead atoms. The number of amides is 1. The molecule has 1 amide bonds. The monoisotopic (exact) mass is 318 g/mol. The van der Waals surface area contributed by atoms with Crippen LogP contribution in [0.3, 0.4) is 0 Å². The van der Waals surface area contributed by atoms with Gasteiger partial charge < -0.3 is 14.8 Å². The van der Waals surface area contributed by atoms with E-state index in [2.05, 4.69) is 24.6 Å². The molecule has 0 saturated carbocycles. The lowest BCUT2D eigenvalue weighted by Crippen LogP contribution is -2.25. The number of nitrogens with two attached hydrogens (primary N) is 1. The maximum Gasteiger partial charge on any atom is 0.290 e. The van der Waals surface area contributed by atoms with Crippen molar-refractivity contribution in [3.8, 4) is 0 Å². The van der Waals surface area contributed by atoms with Crippen molar-refractivity contribution >= 4 is 5.91 Å². The summed E-state index contributed by atoms with van der Waals surface area (Å²) in [6.07, 6.45) is 8.10. The van der Waals surface area contributed by atoms with E-state index >= 15 is 0 Å². The van der Waals surface area contributed by atoms with Crippen LogP contribution in [0.2, 0.25) is 0 Å². The Kier molecular flexibility index (Phi) is 4.71. The average Bonchev–Trinajstić information content (AvgIpc) is 3.24. The van der Waals surface area contributed by atoms with E-state index in [0.717, 1.165) is 51.1 Å². The highest BCUT2D eigenvalue weighted by Gasteiger charge is 2.30. The molecule has 0 radical (unpaired) electrons. The lowest BCUT2D eigenvalue weighted by atomic mass is 10.2. The molecule has 0 spiro atoms. The van der Waals surface area contributed by atoms with Crippen LogP contribution in [-0.4, -0.2) is 43.6 Å². The summed E-state index contributed by atoms with van der Waals surface area (Å²) >= 11 is 0. The number of carbonyl (C=O) groups is 1. The van der Waals surface area contributed by atoms with Gasteiger partial charge in [0.15, 0.2) is 0 Å². The minimum atomic E-state index is -0.653. The number of rotatable bonds is 7. The number of aryl methyl sites for hydroxylation is 2. The molecule has 0 aliphatic carbocycles. The standard InChI is InChI=1S/C15H22N6O2/c1-11-17-6-10-20(11)7-2-3-8-21-9-4-5-12(21)15-18-14(13(16)22)19-23-15/h6,10,12H,2-5,7-9H2,1H3,(H2,16,22)/t12-/m0/s1. The van der Waals surface area contributed by atoms with E-state index in [1.807, 2.05) is 19.3 Å². The van der Waals surface area contributed by atoms with Gasteiger partial charge in [-0.05, 0) is 45.7 Å². The maximum atomic E-state index is 11.1. The Morgan fingerprint density at radius 1 is 1.43 bits per heavy atom. The number of imidazole rings is 1. The second-order valence-electron chi connectivity index (χ2n) is 5.89. The van der Waals surface area contributed by atoms with Crippen LogP contribution >= 0.6 is 0 Å². The van der Waals surface area contributed by atoms with Crippen molar-refractivity contribution in [2.45, 2.75) is 45.2 Å². The van der Waals surface area contributed by atoms with Crippen LogP contribution in [0.25, 0.3) is 0 Å². The van der Waals surface area contributed by atoms with Crippen LogP contribution in [0.4, 0.5) is 0 Å². The highest BCUT2D eigenvalue weighted by molar-refractivity contribution is 5.88. The molecule has 2 aromatic heterocycles. The Bertz CT molecular complexity index is 664. The fourth-order valence-electron chi connectivity index (χ4n) is 3.08. The number of hydrogen-bond acceptors (Lipinski definition) is 6. The van der Waals surface area contributed by atoms with E-state index in [9.17, 15) is 4.79 Å². The first-order valence-electron chi connectivity index (χ1n) is 8.00. The summed E-state index contributed by atoms with van der Waals surface area (Å²) in [6, 6.07) is 0.102. The van der Waals surface area contributed by atoms with E-state index in [1.165, 1.54) is 0 Å². The molecule has 1 aliphatic heterocycles. The zero-order valence-corrected chi connectivity index (χ0v) is 13.3. The van der Waals surface area contributed by atoms with E-state index in [0.29, 0.717) is 5.89 Å². The van der Waals surface area contributed by atoms with Crippen LogP contribution in [0.15, 0.2) is 16.9 Å². The summed E-state index contributed by atoms with van der Waals surface area (Å²) in [6.45, 7) is 4.99. The van der Waals surface area contributed by atoms with Crippen LogP contribution in [-0.2, 0) is 6.54 Å². The lowest BCUT2D eigenvalue weighted by Gasteiger charge is -2.21. The molecule has 3 heterocycles. The van der Waals surface area contributed by atoms with E-state index in [-0.39, 0.29) is 11.9 Å². The van der Waals surface area contributed by atoms with Gasteiger partial charge in [0.2, 0.25) is 5.89 Å². The number of hydrogen-bond donors (Lipinski definition) is 1. The quantitative estimate of drug-likeness (QED) is 0.772. The van der Waals surface area contributed by atoms with Crippen LogP contribution in [0, 0.1) is 6.92 Å². The largest absolute Gasteiger partial charge is 0.363 e. The van der Waals surface area contributed by atoms with Crippen molar-refractivity contribution in [1.82, 2.24) is 24.6 Å². The zero-order chi connectivity index (χ0) is 16.2. The summed E-state index contributed by atoms with van der Waals surface area (Å²) in [4.78, 5) is 21.8. The number of likely N-dealkylation sites (tertiary alicyclic amines) is 1. The van der Waals surface area contributed by atoms with Crippen LogP contribution < -0.4 is 5.73 Å². The molecular weight excluding hydrogens is 296 g/mol. The molecule has 2 N–H and O–H groups in total. The van der Waals surface area contributed by atoms with Crippen LogP contribution in [0.5, 0.6) is 0 Å². The van der Waals surface area contributed by atoms with Gasteiger partial charge in [0.25, 0.3) is 11.7 Å². The highest BCUT2D eigenvalue weighted by Crippen LogP contribution is 2.30. The highest BCUT2D eigenvalue weighted by atomic mass is 16.5. The van der Waals surface area contributed by atoms with Crippen LogP contribution in [0.1, 0.15) is 54.1 Å². The molecule has 0 aromatic carbocycles. The molecule has 8 heteroatoms. The normalized spacial score (nSPS) is 18.6. The zero-order valence-electron chi connectivity index (χ0n) is 13.3. The number of unbranched alkanes of at least 4 members (excludes halogenated alkanes) is 1. The van der Waals surface area contributed by atoms with Gasteiger partial charge in [0, 0.05) is 18.9 Å². The van der Waals surface area contributed by atoms with Crippen molar-refractivity contribution in [2.75, 3.05) is 13.1 Å². The number of primary amides is 1. The minimum absolute atomic E-state index is 0.0394. The van der Waals surface area contributed by atoms with Crippen molar-refractivity contribution in [1.29, 1.82) is 0 Å². The van der Waals surface area contributed by atoms with Crippen molar-refractivity contribution in [3.63, 3.8) is 0 Å². The molecule has 1 saturated heterocycles. The summed E-state index contributed by atoms with van der Waals surface area (Å²) in [5.41, 5.74) is 5.17. The van der Waals surface area contributed by atoms with Crippen molar-refractivity contribution in [2.24, 2.45) is 5.73 Å². The molecule has 0 unspecified atom stereocenters. The van der Waals surface area contributed by atoms with Gasteiger partial charge in [0.1, 0.15) is 5.82 Å². The Morgan fingerprint density at radius 3 is 2.96 bits per heavy atom. The Balaban J connectivity index is 1.50. The first kappa shape index (κ1) is 15.7. The third-order valence-corrected chi connectivity index (χ3v) is 4.33. The molecule has 124 valence electrons. The number of carbonyl (C=O) groups excluding carboxylic acids is 1. The van der Waals surface area contributed by atoms with Gasteiger partial charge >= 0.3 is 0 Å². The van der Waals surface area contributed by atoms with E-state index in [1.54, 1.807) is 0 Å². The second kappa shape index (κ2) is 6.91. The molecule has 2 aromatic rings. The van der Waals surface area contributed by atoms with Crippen molar-refractivity contribution < 1.29 is 9.32 Å². The van der Waals surface area contributed by atoms with Gasteiger partial charge in [0.05, 0.1) is 6.04 Å². The summed E-state index contributed by atoms with van der Waals surface area (Å²) in [5, 5.41) is 3.64. The smallest absolute Gasteiger partial charge is 0.290 e. The molecular formula is C15H22N6O2. The first-order valence-corrected chi connectivity index (χ1v) is 8.00. The lowest BCUT2D eigenvalue weighted by molar-refractivity contribution is 0.0987. The summed E-state index contributed by atoms with van der Waals surface area (Å²) in [5.74, 6) is 0.860.